The van der Waals surface area contributed by atoms with Crippen molar-refractivity contribution >= 4 is 0 Å². The summed E-state index contributed by atoms with van der Waals surface area (Å²) in [5.41, 5.74) is 7.19. The lowest BCUT2D eigenvalue weighted by Gasteiger charge is -2.10. The summed E-state index contributed by atoms with van der Waals surface area (Å²) in [6, 6.07) is 8.36. The number of hydrogen-bond donors (Lipinski definition) is 1. The zero-order chi connectivity index (χ0) is 14.6. The van der Waals surface area contributed by atoms with E-state index in [0.29, 0.717) is 19.8 Å². The van der Waals surface area contributed by atoms with Gasteiger partial charge in [-0.25, -0.2) is 0 Å². The highest BCUT2D eigenvalue weighted by molar-refractivity contribution is 5.27. The molecular weight excluding hydrogens is 254 g/mol. The highest BCUT2D eigenvalue weighted by Crippen LogP contribution is 2.13. The molecule has 0 bridgehead atoms. The van der Waals surface area contributed by atoms with Crippen LogP contribution in [0.25, 0.3) is 0 Å². The second kappa shape index (κ2) is 10.7. The van der Waals surface area contributed by atoms with Crippen LogP contribution in [0.1, 0.15) is 25.3 Å². The predicted octanol–water partition coefficient (Wildman–Crippen LogP) is 2.40. The first-order chi connectivity index (χ1) is 9.76. The average Bonchev–Trinajstić information content (AvgIpc) is 2.48. The van der Waals surface area contributed by atoms with Crippen LogP contribution in [0.3, 0.4) is 0 Å². The van der Waals surface area contributed by atoms with E-state index in [0.717, 1.165) is 31.6 Å². The van der Waals surface area contributed by atoms with Crippen molar-refractivity contribution in [3.05, 3.63) is 29.8 Å². The summed E-state index contributed by atoms with van der Waals surface area (Å²) in [4.78, 5) is 0. The Morgan fingerprint density at radius 2 is 1.80 bits per heavy atom. The van der Waals surface area contributed by atoms with E-state index in [9.17, 15) is 0 Å². The highest BCUT2D eigenvalue weighted by atomic mass is 16.5. The summed E-state index contributed by atoms with van der Waals surface area (Å²) in [6.07, 6.45) is 2.83. The summed E-state index contributed by atoms with van der Waals surface area (Å²) < 4.78 is 16.0. The second-order valence-electron chi connectivity index (χ2n) is 4.82. The number of benzene rings is 1. The third kappa shape index (κ3) is 7.48. The summed E-state index contributed by atoms with van der Waals surface area (Å²) in [7, 11) is 1.69. The molecule has 1 rings (SSSR count). The van der Waals surface area contributed by atoms with E-state index in [1.54, 1.807) is 7.11 Å². The Balaban J connectivity index is 2.15. The van der Waals surface area contributed by atoms with E-state index < -0.39 is 0 Å². The summed E-state index contributed by atoms with van der Waals surface area (Å²) >= 11 is 0. The molecule has 0 saturated heterocycles. The van der Waals surface area contributed by atoms with E-state index in [1.807, 2.05) is 12.1 Å². The molecule has 0 fully saturated rings. The van der Waals surface area contributed by atoms with Crippen LogP contribution in [0.15, 0.2) is 24.3 Å². The fraction of sp³-hybridized carbons (Fsp3) is 0.625. The lowest BCUT2D eigenvalue weighted by Crippen LogP contribution is -2.21. The van der Waals surface area contributed by atoms with Gasteiger partial charge in [0.05, 0.1) is 6.61 Å². The molecule has 2 N–H and O–H groups in total. The van der Waals surface area contributed by atoms with Crippen LogP contribution in [-0.4, -0.2) is 39.6 Å². The van der Waals surface area contributed by atoms with Gasteiger partial charge in [-0.1, -0.05) is 19.1 Å². The molecule has 114 valence electrons. The Kier molecular flexibility index (Phi) is 9.04. The minimum atomic E-state index is 0.238. The molecular formula is C16H27NO3. The Morgan fingerprint density at radius 1 is 1.05 bits per heavy atom. The van der Waals surface area contributed by atoms with Crippen molar-refractivity contribution in [3.8, 4) is 5.75 Å². The first-order valence-electron chi connectivity index (χ1n) is 7.30. The molecule has 0 aliphatic rings. The van der Waals surface area contributed by atoms with Gasteiger partial charge in [-0.2, -0.15) is 0 Å². The lowest BCUT2D eigenvalue weighted by atomic mass is 10.0. The van der Waals surface area contributed by atoms with Crippen LogP contribution >= 0.6 is 0 Å². The molecule has 1 atom stereocenters. The Morgan fingerprint density at radius 3 is 2.45 bits per heavy atom. The third-order valence-electron chi connectivity index (χ3n) is 3.08. The van der Waals surface area contributed by atoms with E-state index in [-0.39, 0.29) is 6.04 Å². The van der Waals surface area contributed by atoms with Gasteiger partial charge in [0.2, 0.25) is 0 Å². The van der Waals surface area contributed by atoms with Gasteiger partial charge in [0.1, 0.15) is 12.4 Å². The Bertz CT molecular complexity index is 340. The molecule has 0 spiro atoms. The summed E-state index contributed by atoms with van der Waals surface area (Å²) in [5, 5.41) is 0. The third-order valence-corrected chi connectivity index (χ3v) is 3.08. The number of ether oxygens (including phenoxy) is 3. The van der Waals surface area contributed by atoms with Crippen LogP contribution in [0.4, 0.5) is 0 Å². The Labute approximate surface area is 122 Å². The van der Waals surface area contributed by atoms with Gasteiger partial charge in [-0.15, -0.1) is 0 Å². The predicted molar refractivity (Wildman–Crippen MR) is 81.2 cm³/mol. The van der Waals surface area contributed by atoms with Gasteiger partial charge in [-0.3, -0.25) is 0 Å². The van der Waals surface area contributed by atoms with Crippen molar-refractivity contribution < 1.29 is 14.2 Å². The number of hydrogen-bond acceptors (Lipinski definition) is 4. The van der Waals surface area contributed by atoms with E-state index in [2.05, 4.69) is 19.1 Å². The van der Waals surface area contributed by atoms with Crippen molar-refractivity contribution in [2.45, 2.75) is 32.2 Å². The van der Waals surface area contributed by atoms with E-state index in [4.69, 9.17) is 19.9 Å². The van der Waals surface area contributed by atoms with Crippen molar-refractivity contribution in [3.63, 3.8) is 0 Å². The molecule has 4 nitrogen and oxygen atoms in total. The maximum absolute atomic E-state index is 5.93. The average molecular weight is 281 g/mol. The smallest absolute Gasteiger partial charge is 0.119 e. The normalized spacial score (nSPS) is 12.3. The van der Waals surface area contributed by atoms with Gasteiger partial charge < -0.3 is 19.9 Å². The molecule has 0 aliphatic carbocycles. The van der Waals surface area contributed by atoms with Gasteiger partial charge in [0, 0.05) is 26.4 Å². The summed E-state index contributed by atoms with van der Waals surface area (Å²) in [6.45, 7) is 4.73. The maximum atomic E-state index is 5.93. The molecule has 4 heteroatoms. The first-order valence-corrected chi connectivity index (χ1v) is 7.30. The largest absolute Gasteiger partial charge is 0.491 e. The van der Waals surface area contributed by atoms with Crippen LogP contribution in [-0.2, 0) is 15.9 Å². The second-order valence-corrected chi connectivity index (χ2v) is 4.82. The molecule has 1 aromatic rings. The maximum Gasteiger partial charge on any atom is 0.119 e. The van der Waals surface area contributed by atoms with Gasteiger partial charge in [0.15, 0.2) is 0 Å². The van der Waals surface area contributed by atoms with Crippen LogP contribution in [0.5, 0.6) is 5.75 Å². The minimum Gasteiger partial charge on any atom is -0.491 e. The fourth-order valence-electron chi connectivity index (χ4n) is 1.79. The Hall–Kier alpha value is -1.10. The van der Waals surface area contributed by atoms with Crippen molar-refractivity contribution in [2.75, 3.05) is 33.5 Å². The SMILES string of the molecule is CCC(N)Cc1ccc(OCCOCCCOC)cc1. The monoisotopic (exact) mass is 281 g/mol. The zero-order valence-corrected chi connectivity index (χ0v) is 12.6. The van der Waals surface area contributed by atoms with Crippen LogP contribution in [0.2, 0.25) is 0 Å². The molecule has 0 amide bonds. The zero-order valence-electron chi connectivity index (χ0n) is 12.6. The molecule has 0 aromatic heterocycles. The standard InChI is InChI=1S/C16H27NO3/c1-3-15(17)13-14-5-7-16(8-6-14)20-12-11-19-10-4-9-18-2/h5-8,15H,3-4,9-13,17H2,1-2H3. The van der Waals surface area contributed by atoms with Crippen LogP contribution < -0.4 is 10.5 Å². The molecule has 0 radical (unpaired) electrons. The summed E-state index contributed by atoms with van der Waals surface area (Å²) in [5.74, 6) is 0.874. The number of nitrogens with two attached hydrogens (primary N) is 1. The first kappa shape index (κ1) is 17.0. The number of methoxy groups -OCH3 is 1. The molecule has 20 heavy (non-hydrogen) atoms. The lowest BCUT2D eigenvalue weighted by molar-refractivity contribution is 0.0806. The molecule has 0 aliphatic heterocycles. The number of rotatable bonds is 11. The van der Waals surface area contributed by atoms with Gasteiger partial charge >= 0.3 is 0 Å². The molecule has 1 unspecified atom stereocenters. The van der Waals surface area contributed by atoms with E-state index >= 15 is 0 Å². The van der Waals surface area contributed by atoms with Crippen molar-refractivity contribution in [1.29, 1.82) is 0 Å². The van der Waals surface area contributed by atoms with Gasteiger partial charge in [-0.05, 0) is 37.0 Å². The fourth-order valence-corrected chi connectivity index (χ4v) is 1.79. The minimum absolute atomic E-state index is 0.238. The van der Waals surface area contributed by atoms with Crippen molar-refractivity contribution in [1.82, 2.24) is 0 Å². The van der Waals surface area contributed by atoms with Crippen molar-refractivity contribution in [2.24, 2.45) is 5.73 Å². The quantitative estimate of drug-likeness (QED) is 0.633. The molecule has 0 heterocycles. The van der Waals surface area contributed by atoms with Crippen LogP contribution in [0, 0.1) is 0 Å². The molecule has 1 aromatic carbocycles. The van der Waals surface area contributed by atoms with Gasteiger partial charge in [0.25, 0.3) is 0 Å². The topological polar surface area (TPSA) is 53.7 Å². The molecule has 0 saturated carbocycles. The highest BCUT2D eigenvalue weighted by Gasteiger charge is 2.01. The van der Waals surface area contributed by atoms with E-state index in [1.165, 1.54) is 5.56 Å².